The van der Waals surface area contributed by atoms with Crippen molar-refractivity contribution in [3.05, 3.63) is 20.8 Å². The summed E-state index contributed by atoms with van der Waals surface area (Å²) < 4.78 is 1.22. The minimum Gasteiger partial charge on any atom is -0.316 e. The van der Waals surface area contributed by atoms with Crippen LogP contribution >= 0.6 is 27.3 Å². The lowest BCUT2D eigenvalue weighted by molar-refractivity contribution is 0.378. The molecule has 3 heteroatoms. The Bertz CT molecular complexity index is 333. The summed E-state index contributed by atoms with van der Waals surface area (Å²) in [5.41, 5.74) is 0. The Labute approximate surface area is 125 Å². The fourth-order valence-electron chi connectivity index (χ4n) is 2.23. The molecule has 0 aromatic carbocycles. The maximum Gasteiger partial charge on any atom is 0.0285 e. The van der Waals surface area contributed by atoms with Gasteiger partial charge in [-0.25, -0.2) is 0 Å². The van der Waals surface area contributed by atoms with E-state index in [4.69, 9.17) is 0 Å². The number of thiophene rings is 1. The molecule has 104 valence electrons. The topological polar surface area (TPSA) is 12.0 Å². The van der Waals surface area contributed by atoms with E-state index < -0.39 is 0 Å². The zero-order chi connectivity index (χ0) is 13.5. The average molecular weight is 332 g/mol. The quantitative estimate of drug-likeness (QED) is 0.709. The standard InChI is InChI=1S/C15H26BrNS/c1-11(2)5-13(9-17-8-12(3)4)6-15-7-14(16)10-18-15/h7,10-13,17H,5-6,8-9H2,1-4H3. The molecule has 1 aromatic rings. The van der Waals surface area contributed by atoms with Crippen molar-refractivity contribution in [1.29, 1.82) is 0 Å². The van der Waals surface area contributed by atoms with Crippen molar-refractivity contribution in [2.24, 2.45) is 17.8 Å². The van der Waals surface area contributed by atoms with Crippen LogP contribution in [0.3, 0.4) is 0 Å². The second-order valence-electron chi connectivity index (χ2n) is 5.98. The van der Waals surface area contributed by atoms with Crippen LogP contribution in [0.15, 0.2) is 15.9 Å². The van der Waals surface area contributed by atoms with Gasteiger partial charge in [-0.1, -0.05) is 27.7 Å². The molecule has 0 fully saturated rings. The van der Waals surface area contributed by atoms with Gasteiger partial charge in [0.25, 0.3) is 0 Å². The third-order valence-corrected chi connectivity index (χ3v) is 4.62. The fourth-order valence-corrected chi connectivity index (χ4v) is 3.79. The molecule has 18 heavy (non-hydrogen) atoms. The van der Waals surface area contributed by atoms with Crippen molar-refractivity contribution in [1.82, 2.24) is 5.32 Å². The van der Waals surface area contributed by atoms with Gasteiger partial charge in [-0.15, -0.1) is 11.3 Å². The molecule has 0 radical (unpaired) electrons. The van der Waals surface area contributed by atoms with Crippen molar-refractivity contribution < 1.29 is 0 Å². The molecule has 0 saturated heterocycles. The van der Waals surface area contributed by atoms with Crippen molar-refractivity contribution in [3.63, 3.8) is 0 Å². The first-order valence-corrected chi connectivity index (χ1v) is 8.58. The minimum absolute atomic E-state index is 0.737. The molecular weight excluding hydrogens is 306 g/mol. The normalized spacial score (nSPS) is 13.5. The second kappa shape index (κ2) is 8.34. The van der Waals surface area contributed by atoms with Crippen LogP contribution < -0.4 is 5.32 Å². The molecule has 0 saturated carbocycles. The smallest absolute Gasteiger partial charge is 0.0285 e. The lowest BCUT2D eigenvalue weighted by Gasteiger charge is -2.19. The molecule has 0 amide bonds. The molecule has 1 unspecified atom stereocenters. The summed E-state index contributed by atoms with van der Waals surface area (Å²) in [5.74, 6) is 2.27. The van der Waals surface area contributed by atoms with Gasteiger partial charge in [-0.3, -0.25) is 0 Å². The van der Waals surface area contributed by atoms with E-state index >= 15 is 0 Å². The maximum absolute atomic E-state index is 3.61. The highest BCUT2D eigenvalue weighted by Gasteiger charge is 2.13. The maximum atomic E-state index is 3.61. The molecule has 0 aliphatic carbocycles. The van der Waals surface area contributed by atoms with Crippen molar-refractivity contribution in [3.8, 4) is 0 Å². The van der Waals surface area contributed by atoms with E-state index in [0.29, 0.717) is 0 Å². The monoisotopic (exact) mass is 331 g/mol. The summed E-state index contributed by atoms with van der Waals surface area (Å²) in [6, 6.07) is 2.26. The van der Waals surface area contributed by atoms with Crippen LogP contribution in [0.5, 0.6) is 0 Å². The van der Waals surface area contributed by atoms with Gasteiger partial charge in [0.15, 0.2) is 0 Å². The summed E-state index contributed by atoms with van der Waals surface area (Å²) in [6.45, 7) is 11.4. The SMILES string of the molecule is CC(C)CNCC(Cc1cc(Br)cs1)CC(C)C. The minimum atomic E-state index is 0.737. The number of nitrogens with one attached hydrogen (secondary N) is 1. The summed E-state index contributed by atoms with van der Waals surface area (Å²) in [6.07, 6.45) is 2.51. The highest BCUT2D eigenvalue weighted by atomic mass is 79.9. The number of rotatable bonds is 8. The first-order valence-electron chi connectivity index (χ1n) is 6.91. The van der Waals surface area contributed by atoms with Crippen LogP contribution in [0.1, 0.15) is 39.0 Å². The van der Waals surface area contributed by atoms with Crippen LogP contribution in [-0.4, -0.2) is 13.1 Å². The molecule has 1 nitrogen and oxygen atoms in total. The van der Waals surface area contributed by atoms with Gasteiger partial charge in [0.2, 0.25) is 0 Å². The van der Waals surface area contributed by atoms with Crippen molar-refractivity contribution in [2.75, 3.05) is 13.1 Å². The fraction of sp³-hybridized carbons (Fsp3) is 0.733. The van der Waals surface area contributed by atoms with Crippen LogP contribution in [0.25, 0.3) is 0 Å². The summed E-state index contributed by atoms with van der Waals surface area (Å²) in [5, 5.41) is 5.79. The van der Waals surface area contributed by atoms with E-state index in [2.05, 4.69) is 60.4 Å². The van der Waals surface area contributed by atoms with Crippen LogP contribution in [0.4, 0.5) is 0 Å². The van der Waals surface area contributed by atoms with Crippen LogP contribution in [-0.2, 0) is 6.42 Å². The summed E-state index contributed by atoms with van der Waals surface area (Å²) in [7, 11) is 0. The molecular formula is C15H26BrNS. The Kier molecular flexibility index (Phi) is 7.50. The Morgan fingerprint density at radius 1 is 1.17 bits per heavy atom. The first kappa shape index (κ1) is 16.2. The lowest BCUT2D eigenvalue weighted by atomic mass is 9.93. The first-order chi connectivity index (χ1) is 8.47. The summed E-state index contributed by atoms with van der Waals surface area (Å²) >= 11 is 5.41. The van der Waals surface area contributed by atoms with Crippen molar-refractivity contribution in [2.45, 2.75) is 40.5 Å². The predicted molar refractivity (Wildman–Crippen MR) is 86.4 cm³/mol. The van der Waals surface area contributed by atoms with E-state index in [1.54, 1.807) is 0 Å². The summed E-state index contributed by atoms with van der Waals surface area (Å²) in [4.78, 5) is 1.50. The van der Waals surface area contributed by atoms with Gasteiger partial charge in [-0.05, 0) is 65.7 Å². The zero-order valence-corrected chi connectivity index (χ0v) is 14.4. The molecule has 1 N–H and O–H groups in total. The average Bonchev–Trinajstić information content (AvgIpc) is 2.62. The molecule has 0 spiro atoms. The molecule has 1 rings (SSSR count). The van der Waals surface area contributed by atoms with Gasteiger partial charge in [0, 0.05) is 14.7 Å². The van der Waals surface area contributed by atoms with E-state index in [0.717, 1.165) is 30.8 Å². The molecule has 1 atom stereocenters. The van der Waals surface area contributed by atoms with Gasteiger partial charge in [-0.2, -0.15) is 0 Å². The Morgan fingerprint density at radius 2 is 1.89 bits per heavy atom. The van der Waals surface area contributed by atoms with Crippen LogP contribution in [0, 0.1) is 17.8 Å². The van der Waals surface area contributed by atoms with Gasteiger partial charge < -0.3 is 5.32 Å². The predicted octanol–water partition coefficient (Wildman–Crippen LogP) is 4.96. The Morgan fingerprint density at radius 3 is 2.39 bits per heavy atom. The molecule has 0 bridgehead atoms. The number of hydrogen-bond acceptors (Lipinski definition) is 2. The molecule has 1 aromatic heterocycles. The Hall–Kier alpha value is 0.140. The highest BCUT2D eigenvalue weighted by molar-refractivity contribution is 9.10. The van der Waals surface area contributed by atoms with E-state index in [-0.39, 0.29) is 0 Å². The van der Waals surface area contributed by atoms with E-state index in [1.165, 1.54) is 22.2 Å². The third kappa shape index (κ3) is 6.91. The molecule has 1 heterocycles. The van der Waals surface area contributed by atoms with Crippen molar-refractivity contribution >= 4 is 27.3 Å². The molecule has 0 aliphatic heterocycles. The third-order valence-electron chi connectivity index (χ3n) is 2.90. The van der Waals surface area contributed by atoms with Gasteiger partial charge >= 0.3 is 0 Å². The lowest BCUT2D eigenvalue weighted by Crippen LogP contribution is -2.28. The van der Waals surface area contributed by atoms with Crippen LogP contribution in [0.2, 0.25) is 0 Å². The van der Waals surface area contributed by atoms with E-state index in [1.807, 2.05) is 11.3 Å². The second-order valence-corrected chi connectivity index (χ2v) is 7.89. The number of halogens is 1. The van der Waals surface area contributed by atoms with E-state index in [9.17, 15) is 0 Å². The Balaban J connectivity index is 2.44. The zero-order valence-electron chi connectivity index (χ0n) is 12.0. The largest absolute Gasteiger partial charge is 0.316 e. The highest BCUT2D eigenvalue weighted by Crippen LogP contribution is 2.24. The molecule has 0 aliphatic rings. The van der Waals surface area contributed by atoms with Gasteiger partial charge in [0.1, 0.15) is 0 Å². The van der Waals surface area contributed by atoms with Gasteiger partial charge in [0.05, 0.1) is 0 Å². The number of hydrogen-bond donors (Lipinski definition) is 1.